The van der Waals surface area contributed by atoms with Crippen LogP contribution >= 0.6 is 0 Å². The van der Waals surface area contributed by atoms with Crippen LogP contribution in [0.3, 0.4) is 0 Å². The maximum atomic E-state index is 12.5. The van der Waals surface area contributed by atoms with Crippen molar-refractivity contribution < 1.29 is 17.9 Å². The van der Waals surface area contributed by atoms with E-state index in [4.69, 9.17) is 4.74 Å². The van der Waals surface area contributed by atoms with Gasteiger partial charge in [0.25, 0.3) is 10.0 Å². The Labute approximate surface area is 159 Å². The van der Waals surface area contributed by atoms with Crippen LogP contribution in [0.2, 0.25) is 0 Å². The molecule has 1 atom stereocenters. The van der Waals surface area contributed by atoms with Crippen molar-refractivity contribution in [2.24, 2.45) is 0 Å². The molecule has 1 fully saturated rings. The highest BCUT2D eigenvalue weighted by molar-refractivity contribution is 7.92. The second-order valence-corrected chi connectivity index (χ2v) is 8.09. The Morgan fingerprint density at radius 3 is 2.26 bits per heavy atom. The molecule has 3 rings (SSSR count). The minimum absolute atomic E-state index is 0.122. The Kier molecular flexibility index (Phi) is 5.98. The van der Waals surface area contributed by atoms with Crippen LogP contribution in [0.1, 0.15) is 19.8 Å². The molecular formula is C19H23N3O4S. The molecule has 0 aromatic heterocycles. The van der Waals surface area contributed by atoms with Crippen LogP contribution in [-0.4, -0.2) is 33.6 Å². The molecule has 1 unspecified atom stereocenters. The van der Waals surface area contributed by atoms with Gasteiger partial charge in [0.15, 0.2) is 0 Å². The summed E-state index contributed by atoms with van der Waals surface area (Å²) in [6.45, 7) is 2.95. The number of nitrogens with one attached hydrogen (secondary N) is 3. The summed E-state index contributed by atoms with van der Waals surface area (Å²) in [5, 5.41) is 5.89. The fourth-order valence-corrected chi connectivity index (χ4v) is 3.89. The molecule has 8 heteroatoms. The van der Waals surface area contributed by atoms with Gasteiger partial charge >= 0.3 is 0 Å². The summed E-state index contributed by atoms with van der Waals surface area (Å²) in [5.41, 5.74) is 1.93. The molecule has 0 saturated carbocycles. The zero-order chi connectivity index (χ0) is 19.3. The molecule has 3 N–H and O–H groups in total. The predicted octanol–water partition coefficient (Wildman–Crippen LogP) is 3.04. The van der Waals surface area contributed by atoms with Crippen LogP contribution in [0.5, 0.6) is 0 Å². The van der Waals surface area contributed by atoms with Gasteiger partial charge in [-0.3, -0.25) is 9.52 Å². The molecule has 0 aliphatic carbocycles. The van der Waals surface area contributed by atoms with Crippen molar-refractivity contribution in [3.63, 3.8) is 0 Å². The average Bonchev–Trinajstić information content (AvgIpc) is 3.14. The monoisotopic (exact) mass is 389 g/mol. The molecule has 0 radical (unpaired) electrons. The Morgan fingerprint density at radius 2 is 1.67 bits per heavy atom. The van der Waals surface area contributed by atoms with Crippen LogP contribution < -0.4 is 15.4 Å². The number of hydrogen-bond acceptors (Lipinski definition) is 5. The molecule has 2 aromatic carbocycles. The molecule has 1 saturated heterocycles. The lowest BCUT2D eigenvalue weighted by Crippen LogP contribution is -2.18. The molecule has 144 valence electrons. The van der Waals surface area contributed by atoms with E-state index in [1.807, 2.05) is 12.1 Å². The van der Waals surface area contributed by atoms with Gasteiger partial charge in [-0.1, -0.05) is 0 Å². The first-order valence-corrected chi connectivity index (χ1v) is 10.3. The smallest absolute Gasteiger partial charge is 0.261 e. The van der Waals surface area contributed by atoms with Gasteiger partial charge in [-0.25, -0.2) is 8.42 Å². The number of ether oxygens (including phenoxy) is 1. The van der Waals surface area contributed by atoms with E-state index in [1.165, 1.54) is 19.1 Å². The van der Waals surface area contributed by atoms with E-state index in [0.717, 1.165) is 31.7 Å². The SMILES string of the molecule is CC(=O)Nc1ccc(S(=O)(=O)Nc2ccc(NCC3CCCO3)cc2)cc1. The highest BCUT2D eigenvalue weighted by atomic mass is 32.2. The molecule has 2 aromatic rings. The third-order valence-electron chi connectivity index (χ3n) is 4.18. The third-order valence-corrected chi connectivity index (χ3v) is 5.58. The predicted molar refractivity (Wildman–Crippen MR) is 105 cm³/mol. The van der Waals surface area contributed by atoms with Gasteiger partial charge in [-0.05, 0) is 61.4 Å². The topological polar surface area (TPSA) is 96.5 Å². The maximum absolute atomic E-state index is 12.5. The van der Waals surface area contributed by atoms with Crippen molar-refractivity contribution in [1.82, 2.24) is 0 Å². The Bertz CT molecular complexity index is 874. The first-order valence-electron chi connectivity index (χ1n) is 8.78. The van der Waals surface area contributed by atoms with E-state index >= 15 is 0 Å². The number of carbonyl (C=O) groups excluding carboxylic acids is 1. The number of anilines is 3. The van der Waals surface area contributed by atoms with Gasteiger partial charge in [-0.2, -0.15) is 0 Å². The number of amides is 1. The van der Waals surface area contributed by atoms with Gasteiger partial charge in [-0.15, -0.1) is 0 Å². The first-order chi connectivity index (χ1) is 12.9. The Hall–Kier alpha value is -2.58. The summed E-state index contributed by atoms with van der Waals surface area (Å²) in [5.74, 6) is -0.211. The van der Waals surface area contributed by atoms with E-state index in [9.17, 15) is 13.2 Å². The minimum Gasteiger partial charge on any atom is -0.382 e. The van der Waals surface area contributed by atoms with Crippen molar-refractivity contribution >= 4 is 33.0 Å². The first kappa shape index (κ1) is 19.2. The standard InChI is InChI=1S/C19H23N3O4S/c1-14(23)21-16-8-10-19(11-9-16)27(24,25)22-17-6-4-15(5-7-17)20-13-18-3-2-12-26-18/h4-11,18,20,22H,2-3,12-13H2,1H3,(H,21,23). The molecule has 1 aliphatic rings. The van der Waals surface area contributed by atoms with Crippen molar-refractivity contribution in [2.45, 2.75) is 30.8 Å². The summed E-state index contributed by atoms with van der Waals surface area (Å²) in [4.78, 5) is 11.2. The second-order valence-electron chi connectivity index (χ2n) is 6.40. The van der Waals surface area contributed by atoms with Crippen LogP contribution in [0.15, 0.2) is 53.4 Å². The van der Waals surface area contributed by atoms with Crippen LogP contribution in [0, 0.1) is 0 Å². The lowest BCUT2D eigenvalue weighted by atomic mass is 10.2. The zero-order valence-corrected chi connectivity index (χ0v) is 15.9. The highest BCUT2D eigenvalue weighted by Gasteiger charge is 2.16. The lowest BCUT2D eigenvalue weighted by molar-refractivity contribution is -0.114. The molecule has 1 amide bonds. The molecule has 7 nitrogen and oxygen atoms in total. The molecule has 0 bridgehead atoms. The maximum Gasteiger partial charge on any atom is 0.261 e. The van der Waals surface area contributed by atoms with E-state index in [-0.39, 0.29) is 16.9 Å². The normalized spacial score (nSPS) is 16.7. The number of rotatable bonds is 7. The van der Waals surface area contributed by atoms with E-state index in [2.05, 4.69) is 15.4 Å². The highest BCUT2D eigenvalue weighted by Crippen LogP contribution is 2.20. The van der Waals surface area contributed by atoms with Gasteiger partial charge in [0.2, 0.25) is 5.91 Å². The molecular weight excluding hydrogens is 366 g/mol. The number of hydrogen-bond donors (Lipinski definition) is 3. The van der Waals surface area contributed by atoms with Gasteiger partial charge in [0.05, 0.1) is 11.0 Å². The Morgan fingerprint density at radius 1 is 1.04 bits per heavy atom. The molecule has 27 heavy (non-hydrogen) atoms. The summed E-state index contributed by atoms with van der Waals surface area (Å²) in [6.07, 6.45) is 2.40. The largest absolute Gasteiger partial charge is 0.382 e. The molecule has 1 heterocycles. The van der Waals surface area contributed by atoms with E-state index in [1.54, 1.807) is 24.3 Å². The quantitative estimate of drug-likeness (QED) is 0.676. The fraction of sp³-hybridized carbons (Fsp3) is 0.316. The van der Waals surface area contributed by atoms with Crippen molar-refractivity contribution in [1.29, 1.82) is 0 Å². The number of benzene rings is 2. The lowest BCUT2D eigenvalue weighted by Gasteiger charge is -2.13. The zero-order valence-electron chi connectivity index (χ0n) is 15.1. The summed E-state index contributed by atoms with van der Waals surface area (Å²) in [7, 11) is -3.70. The van der Waals surface area contributed by atoms with Crippen molar-refractivity contribution in [2.75, 3.05) is 28.5 Å². The number of carbonyl (C=O) groups is 1. The van der Waals surface area contributed by atoms with E-state index < -0.39 is 10.0 Å². The van der Waals surface area contributed by atoms with Gasteiger partial charge in [0, 0.05) is 37.1 Å². The minimum atomic E-state index is -3.70. The Balaban J connectivity index is 1.60. The van der Waals surface area contributed by atoms with Crippen molar-refractivity contribution in [3.05, 3.63) is 48.5 Å². The van der Waals surface area contributed by atoms with E-state index in [0.29, 0.717) is 11.4 Å². The summed E-state index contributed by atoms with van der Waals surface area (Å²) in [6, 6.07) is 13.1. The molecule has 0 spiro atoms. The van der Waals surface area contributed by atoms with Gasteiger partial charge in [0.1, 0.15) is 0 Å². The second kappa shape index (κ2) is 8.41. The summed E-state index contributed by atoms with van der Waals surface area (Å²) >= 11 is 0. The summed E-state index contributed by atoms with van der Waals surface area (Å²) < 4.78 is 33.1. The third kappa shape index (κ3) is 5.45. The van der Waals surface area contributed by atoms with Crippen LogP contribution in [0.25, 0.3) is 0 Å². The van der Waals surface area contributed by atoms with Crippen molar-refractivity contribution in [3.8, 4) is 0 Å². The number of sulfonamides is 1. The average molecular weight is 389 g/mol. The van der Waals surface area contributed by atoms with Gasteiger partial charge < -0.3 is 15.4 Å². The fourth-order valence-electron chi connectivity index (χ4n) is 2.83. The van der Waals surface area contributed by atoms with Crippen LogP contribution in [0.4, 0.5) is 17.1 Å². The van der Waals surface area contributed by atoms with Crippen LogP contribution in [-0.2, 0) is 19.6 Å². The molecule has 1 aliphatic heterocycles.